The van der Waals surface area contributed by atoms with Crippen LogP contribution in [0.15, 0.2) is 0 Å². The molecule has 0 radical (unpaired) electrons. The Morgan fingerprint density at radius 1 is 1.09 bits per heavy atom. The van der Waals surface area contributed by atoms with E-state index in [1.165, 1.54) is 0 Å². The van der Waals surface area contributed by atoms with Crippen LogP contribution in [-0.4, -0.2) is 34.8 Å². The van der Waals surface area contributed by atoms with Crippen LogP contribution in [0.25, 0.3) is 0 Å². The van der Waals surface area contributed by atoms with Crippen LogP contribution in [0.4, 0.5) is 0 Å². The number of nitrogens with zero attached hydrogens (tertiary/aromatic N) is 2. The van der Waals surface area contributed by atoms with Crippen LogP contribution in [0.5, 0.6) is 0 Å². The summed E-state index contributed by atoms with van der Waals surface area (Å²) >= 11 is 5.15. The number of nitriles is 1. The minimum Gasteiger partial charge on any atom is -0.321 e. The van der Waals surface area contributed by atoms with Crippen molar-refractivity contribution in [2.24, 2.45) is 0 Å². The van der Waals surface area contributed by atoms with Crippen molar-refractivity contribution >= 4 is 55.4 Å². The third kappa shape index (κ3) is 13.6. The predicted molar refractivity (Wildman–Crippen MR) is 102 cm³/mol. The molecule has 1 atom stereocenters. The summed E-state index contributed by atoms with van der Waals surface area (Å²) in [6, 6.07) is 2.09. The second-order valence-electron chi connectivity index (χ2n) is 3.96. The van der Waals surface area contributed by atoms with Gasteiger partial charge in [-0.15, -0.1) is 3.48 Å². The standard InChI is InChI=1S/C12H24IN2O4PS2/c1-3-11-21-15(22-12-4-2)20(17-9-5-7-14)18-10-6-8-16-19-13/h3-6,8-12H2,1-2H3. The lowest BCUT2D eigenvalue weighted by atomic mass is 10.5. The lowest BCUT2D eigenvalue weighted by molar-refractivity contribution is -0.167. The summed E-state index contributed by atoms with van der Waals surface area (Å²) in [5.74, 6) is 2.04. The smallest absolute Gasteiger partial charge is 0.280 e. The van der Waals surface area contributed by atoms with E-state index >= 15 is 0 Å². The second kappa shape index (κ2) is 18.5. The van der Waals surface area contributed by atoms with Crippen molar-refractivity contribution in [3.63, 3.8) is 0 Å². The molecular weight excluding hydrogens is 458 g/mol. The quantitative estimate of drug-likeness (QED) is 0.0737. The molecule has 0 N–H and O–H groups in total. The highest BCUT2D eigenvalue weighted by atomic mass is 127. The van der Waals surface area contributed by atoms with Gasteiger partial charge in [0.2, 0.25) is 0 Å². The molecule has 0 aliphatic rings. The number of halogens is 1. The van der Waals surface area contributed by atoms with Gasteiger partial charge in [0.05, 0.1) is 32.3 Å². The summed E-state index contributed by atoms with van der Waals surface area (Å²) in [6.45, 7) is 5.71. The summed E-state index contributed by atoms with van der Waals surface area (Å²) in [6.07, 6.45) is 3.29. The maximum Gasteiger partial charge on any atom is 0.280 e. The first-order chi connectivity index (χ1) is 10.8. The predicted octanol–water partition coefficient (Wildman–Crippen LogP) is 5.27. The number of hydrogen-bond acceptors (Lipinski definition) is 8. The van der Waals surface area contributed by atoms with Crippen LogP contribution in [0.1, 0.15) is 39.5 Å². The molecule has 0 aromatic heterocycles. The molecule has 0 aliphatic carbocycles. The van der Waals surface area contributed by atoms with Gasteiger partial charge in [0.25, 0.3) is 8.53 Å². The molecule has 0 aliphatic heterocycles. The molecule has 0 saturated carbocycles. The molecule has 0 rings (SSSR count). The van der Waals surface area contributed by atoms with Gasteiger partial charge in [-0.2, -0.15) is 8.48 Å². The number of hydrogen-bond donors (Lipinski definition) is 0. The van der Waals surface area contributed by atoms with Crippen LogP contribution >= 0.6 is 55.4 Å². The Bertz CT molecular complexity index is 282. The van der Waals surface area contributed by atoms with Gasteiger partial charge in [-0.3, -0.25) is 0 Å². The summed E-state index contributed by atoms with van der Waals surface area (Å²) in [5, 5.41) is 8.66. The Morgan fingerprint density at radius 3 is 2.27 bits per heavy atom. The summed E-state index contributed by atoms with van der Waals surface area (Å²) in [4.78, 5) is 4.81. The Labute approximate surface area is 157 Å². The van der Waals surface area contributed by atoms with Crippen LogP contribution in [-0.2, 0) is 17.2 Å². The average molecular weight is 482 g/mol. The van der Waals surface area contributed by atoms with E-state index in [0.29, 0.717) is 26.2 Å². The average Bonchev–Trinajstić information content (AvgIpc) is 2.53. The van der Waals surface area contributed by atoms with E-state index in [1.54, 1.807) is 46.9 Å². The van der Waals surface area contributed by atoms with Gasteiger partial charge in [-0.25, -0.2) is 4.89 Å². The lowest BCUT2D eigenvalue weighted by Gasteiger charge is -2.27. The van der Waals surface area contributed by atoms with Crippen LogP contribution in [0.2, 0.25) is 0 Å². The molecule has 130 valence electrons. The van der Waals surface area contributed by atoms with Crippen molar-refractivity contribution in [1.82, 2.24) is 3.48 Å². The third-order valence-corrected chi connectivity index (χ3v) is 7.06. The monoisotopic (exact) mass is 482 g/mol. The fourth-order valence-electron chi connectivity index (χ4n) is 1.06. The highest BCUT2D eigenvalue weighted by molar-refractivity contribution is 14.1. The topological polar surface area (TPSA) is 64.0 Å². The second-order valence-corrected chi connectivity index (χ2v) is 8.54. The Morgan fingerprint density at radius 2 is 1.73 bits per heavy atom. The van der Waals surface area contributed by atoms with Crippen LogP contribution < -0.4 is 0 Å². The molecule has 0 amide bonds. The van der Waals surface area contributed by atoms with Gasteiger partial charge < -0.3 is 9.05 Å². The van der Waals surface area contributed by atoms with E-state index in [2.05, 4.69) is 26.6 Å². The third-order valence-electron chi connectivity index (χ3n) is 1.98. The van der Waals surface area contributed by atoms with E-state index in [9.17, 15) is 0 Å². The molecule has 0 aromatic carbocycles. The zero-order valence-electron chi connectivity index (χ0n) is 13.0. The van der Waals surface area contributed by atoms with Gasteiger partial charge in [0.1, 0.15) is 0 Å². The molecule has 0 heterocycles. The van der Waals surface area contributed by atoms with Crippen LogP contribution in [0.3, 0.4) is 0 Å². The molecule has 6 nitrogen and oxygen atoms in total. The summed E-state index contributed by atoms with van der Waals surface area (Å²) in [7, 11) is -1.17. The molecule has 0 aromatic rings. The molecular formula is C12H24IN2O4PS2. The molecule has 0 spiro atoms. The van der Waals surface area contributed by atoms with E-state index in [0.717, 1.165) is 30.8 Å². The van der Waals surface area contributed by atoms with Gasteiger partial charge in [0, 0.05) is 11.5 Å². The first kappa shape index (κ1) is 23.1. The summed E-state index contributed by atoms with van der Waals surface area (Å²) < 4.78 is 18.3. The summed E-state index contributed by atoms with van der Waals surface area (Å²) in [5.41, 5.74) is 0. The number of rotatable bonds is 16. The maximum absolute atomic E-state index is 8.66. The molecule has 22 heavy (non-hydrogen) atoms. The van der Waals surface area contributed by atoms with E-state index in [1.807, 2.05) is 0 Å². The lowest BCUT2D eigenvalue weighted by Crippen LogP contribution is -2.09. The SMILES string of the molecule is CCCSN(SCCC)P(OCCC#N)OCCCOOI. The van der Waals surface area contributed by atoms with Gasteiger partial charge in [-0.05, 0) is 19.3 Å². The largest absolute Gasteiger partial charge is 0.321 e. The highest BCUT2D eigenvalue weighted by Gasteiger charge is 2.23. The van der Waals surface area contributed by atoms with Crippen molar-refractivity contribution in [1.29, 1.82) is 5.26 Å². The Balaban J connectivity index is 4.35. The van der Waals surface area contributed by atoms with Crippen molar-refractivity contribution in [2.45, 2.75) is 39.5 Å². The minimum absolute atomic E-state index is 0.374. The van der Waals surface area contributed by atoms with Crippen molar-refractivity contribution in [3.05, 3.63) is 0 Å². The maximum atomic E-state index is 8.66. The fraction of sp³-hybridized carbons (Fsp3) is 0.917. The van der Waals surface area contributed by atoms with Gasteiger partial charge in [0.15, 0.2) is 23.0 Å². The minimum atomic E-state index is -1.17. The molecule has 0 fully saturated rings. The van der Waals surface area contributed by atoms with Gasteiger partial charge in [-0.1, -0.05) is 37.7 Å². The molecule has 0 saturated heterocycles. The zero-order chi connectivity index (χ0) is 16.5. The fourth-order valence-corrected chi connectivity index (χ4v) is 5.27. The zero-order valence-corrected chi connectivity index (χ0v) is 17.7. The first-order valence-corrected chi connectivity index (χ1v) is 11.1. The Hall–Kier alpha value is 1.15. The van der Waals surface area contributed by atoms with Crippen LogP contribution in [0, 0.1) is 11.3 Å². The Kier molecular flexibility index (Phi) is 19.5. The van der Waals surface area contributed by atoms with E-state index in [4.69, 9.17) is 19.2 Å². The van der Waals surface area contributed by atoms with Gasteiger partial charge >= 0.3 is 0 Å². The van der Waals surface area contributed by atoms with Crippen molar-refractivity contribution < 1.29 is 17.2 Å². The van der Waals surface area contributed by atoms with E-state index < -0.39 is 8.53 Å². The normalized spacial score (nSPS) is 12.5. The molecule has 1 unspecified atom stereocenters. The van der Waals surface area contributed by atoms with Crippen molar-refractivity contribution in [3.8, 4) is 6.07 Å². The highest BCUT2D eigenvalue weighted by Crippen LogP contribution is 2.52. The molecule has 10 heteroatoms. The first-order valence-electron chi connectivity index (χ1n) is 7.19. The van der Waals surface area contributed by atoms with Crippen molar-refractivity contribution in [2.75, 3.05) is 31.3 Å². The molecule has 0 bridgehead atoms. The van der Waals surface area contributed by atoms with E-state index in [-0.39, 0.29) is 0 Å².